The predicted octanol–water partition coefficient (Wildman–Crippen LogP) is 1.35. The fourth-order valence-electron chi connectivity index (χ4n) is 0.629. The van der Waals surface area contributed by atoms with E-state index in [1.165, 1.54) is 0 Å². The van der Waals surface area contributed by atoms with Crippen LogP contribution in [0.1, 0.15) is 10.5 Å². The maximum atomic E-state index is 11.7. The zero-order chi connectivity index (χ0) is 10.8. The van der Waals surface area contributed by atoms with E-state index in [1.807, 2.05) is 0 Å². The number of carboxylic acid groups (broad SMARTS) is 1. The van der Waals surface area contributed by atoms with Gasteiger partial charge in [0.1, 0.15) is 12.8 Å². The van der Waals surface area contributed by atoms with Crippen LogP contribution in [0.25, 0.3) is 0 Å². The molecule has 0 fully saturated rings. The number of rotatable bonds is 3. The SMILES string of the molecule is O=C(O)c1coc(NCC(F)(F)F)n1. The van der Waals surface area contributed by atoms with Gasteiger partial charge in [0.2, 0.25) is 0 Å². The smallest absolute Gasteiger partial charge is 0.405 e. The third-order valence-corrected chi connectivity index (χ3v) is 1.16. The topological polar surface area (TPSA) is 75.4 Å². The minimum atomic E-state index is -4.40. The van der Waals surface area contributed by atoms with E-state index in [0.29, 0.717) is 0 Å². The van der Waals surface area contributed by atoms with Crippen LogP contribution in [0.4, 0.5) is 19.2 Å². The van der Waals surface area contributed by atoms with Crippen LogP contribution >= 0.6 is 0 Å². The van der Waals surface area contributed by atoms with E-state index in [9.17, 15) is 18.0 Å². The highest BCUT2D eigenvalue weighted by molar-refractivity contribution is 5.85. The number of oxazole rings is 1. The molecule has 1 aromatic rings. The van der Waals surface area contributed by atoms with Crippen molar-refractivity contribution in [1.29, 1.82) is 0 Å². The van der Waals surface area contributed by atoms with Crippen molar-refractivity contribution in [2.75, 3.05) is 11.9 Å². The van der Waals surface area contributed by atoms with E-state index in [1.54, 1.807) is 5.32 Å². The first-order chi connectivity index (χ1) is 6.38. The molecule has 8 heteroatoms. The number of carboxylic acids is 1. The van der Waals surface area contributed by atoms with Crippen molar-refractivity contribution in [2.45, 2.75) is 6.18 Å². The first-order valence-electron chi connectivity index (χ1n) is 3.38. The van der Waals surface area contributed by atoms with E-state index in [4.69, 9.17) is 5.11 Å². The third-order valence-electron chi connectivity index (χ3n) is 1.16. The summed E-state index contributed by atoms with van der Waals surface area (Å²) < 4.78 is 39.4. The summed E-state index contributed by atoms with van der Waals surface area (Å²) in [4.78, 5) is 13.5. The van der Waals surface area contributed by atoms with E-state index in [2.05, 4.69) is 9.40 Å². The van der Waals surface area contributed by atoms with Crippen LogP contribution in [0.2, 0.25) is 0 Å². The molecule has 0 unspecified atom stereocenters. The van der Waals surface area contributed by atoms with Crippen molar-refractivity contribution < 1.29 is 27.5 Å². The van der Waals surface area contributed by atoms with Gasteiger partial charge in [-0.3, -0.25) is 0 Å². The average Bonchev–Trinajstić information content (AvgIpc) is 2.47. The Kier molecular flexibility index (Phi) is 2.63. The van der Waals surface area contributed by atoms with Gasteiger partial charge in [0.15, 0.2) is 5.69 Å². The molecule has 0 saturated carbocycles. The molecule has 0 aromatic carbocycles. The lowest BCUT2D eigenvalue weighted by atomic mass is 10.5. The zero-order valence-electron chi connectivity index (χ0n) is 6.63. The summed E-state index contributed by atoms with van der Waals surface area (Å²) in [6.07, 6.45) is -3.65. The van der Waals surface area contributed by atoms with Gasteiger partial charge in [0.05, 0.1) is 0 Å². The Morgan fingerprint density at radius 3 is 2.71 bits per heavy atom. The van der Waals surface area contributed by atoms with Crippen molar-refractivity contribution in [3.05, 3.63) is 12.0 Å². The van der Waals surface area contributed by atoms with Crippen LogP contribution in [0.15, 0.2) is 10.7 Å². The number of alkyl halides is 3. The highest BCUT2D eigenvalue weighted by atomic mass is 19.4. The molecule has 0 bridgehead atoms. The van der Waals surface area contributed by atoms with Gasteiger partial charge in [0, 0.05) is 0 Å². The second-order valence-corrected chi connectivity index (χ2v) is 2.31. The van der Waals surface area contributed by atoms with Crippen molar-refractivity contribution in [2.24, 2.45) is 0 Å². The number of aromatic carboxylic acids is 1. The van der Waals surface area contributed by atoms with Gasteiger partial charge in [-0.2, -0.15) is 18.2 Å². The van der Waals surface area contributed by atoms with Gasteiger partial charge in [0.25, 0.3) is 6.01 Å². The highest BCUT2D eigenvalue weighted by Gasteiger charge is 2.27. The molecule has 1 aromatic heterocycles. The molecule has 0 spiro atoms. The Morgan fingerprint density at radius 1 is 1.64 bits per heavy atom. The molecule has 0 aliphatic heterocycles. The number of nitrogens with zero attached hydrogens (tertiary/aromatic N) is 1. The molecular weight excluding hydrogens is 205 g/mol. The van der Waals surface area contributed by atoms with E-state index in [0.717, 1.165) is 6.26 Å². The highest BCUT2D eigenvalue weighted by Crippen LogP contribution is 2.16. The first kappa shape index (κ1) is 10.4. The van der Waals surface area contributed by atoms with Gasteiger partial charge in [-0.25, -0.2) is 4.79 Å². The monoisotopic (exact) mass is 210 g/mol. The quantitative estimate of drug-likeness (QED) is 0.787. The Morgan fingerprint density at radius 2 is 2.29 bits per heavy atom. The van der Waals surface area contributed by atoms with Crippen LogP contribution in [0.5, 0.6) is 0 Å². The summed E-state index contributed by atoms with van der Waals surface area (Å²) in [7, 11) is 0. The molecule has 0 atom stereocenters. The lowest BCUT2D eigenvalue weighted by Crippen LogP contribution is -2.21. The summed E-state index contributed by atoms with van der Waals surface area (Å²) in [6, 6.07) is -0.472. The lowest BCUT2D eigenvalue weighted by Gasteiger charge is -2.04. The van der Waals surface area contributed by atoms with E-state index < -0.39 is 30.4 Å². The van der Waals surface area contributed by atoms with Gasteiger partial charge < -0.3 is 14.8 Å². The lowest BCUT2D eigenvalue weighted by molar-refractivity contribution is -0.115. The van der Waals surface area contributed by atoms with Crippen LogP contribution in [-0.2, 0) is 0 Å². The summed E-state index contributed by atoms with van der Waals surface area (Å²) in [6.45, 7) is -1.33. The Bertz CT molecular complexity index is 333. The fraction of sp³-hybridized carbons (Fsp3) is 0.333. The largest absolute Gasteiger partial charge is 0.476 e. The fourth-order valence-corrected chi connectivity index (χ4v) is 0.629. The number of halogens is 3. The summed E-state index contributed by atoms with van der Waals surface area (Å²) >= 11 is 0. The predicted molar refractivity (Wildman–Crippen MR) is 38.0 cm³/mol. The minimum Gasteiger partial charge on any atom is -0.476 e. The van der Waals surface area contributed by atoms with Crippen LogP contribution < -0.4 is 5.32 Å². The average molecular weight is 210 g/mol. The second kappa shape index (κ2) is 3.56. The van der Waals surface area contributed by atoms with E-state index >= 15 is 0 Å². The molecule has 78 valence electrons. The Hall–Kier alpha value is -1.73. The van der Waals surface area contributed by atoms with Gasteiger partial charge in [-0.05, 0) is 0 Å². The number of aromatic nitrogens is 1. The molecule has 1 heterocycles. The minimum absolute atomic E-state index is 0.449. The second-order valence-electron chi connectivity index (χ2n) is 2.31. The normalized spacial score (nSPS) is 11.4. The maximum Gasteiger partial charge on any atom is 0.405 e. The van der Waals surface area contributed by atoms with Crippen molar-refractivity contribution in [3.8, 4) is 0 Å². The van der Waals surface area contributed by atoms with Crippen LogP contribution in [0, 0.1) is 0 Å². The van der Waals surface area contributed by atoms with Crippen molar-refractivity contribution in [3.63, 3.8) is 0 Å². The molecule has 1 rings (SSSR count). The Balaban J connectivity index is 2.56. The third kappa shape index (κ3) is 2.96. The summed E-state index contributed by atoms with van der Waals surface area (Å²) in [5.74, 6) is -1.37. The van der Waals surface area contributed by atoms with Crippen LogP contribution in [0.3, 0.4) is 0 Å². The number of hydrogen-bond donors (Lipinski definition) is 2. The number of hydrogen-bond acceptors (Lipinski definition) is 4. The van der Waals surface area contributed by atoms with Gasteiger partial charge >= 0.3 is 12.1 Å². The number of carbonyl (C=O) groups is 1. The van der Waals surface area contributed by atoms with Gasteiger partial charge in [-0.15, -0.1) is 0 Å². The van der Waals surface area contributed by atoms with Crippen molar-refractivity contribution in [1.82, 2.24) is 4.98 Å². The number of nitrogens with one attached hydrogen (secondary N) is 1. The van der Waals surface area contributed by atoms with E-state index in [-0.39, 0.29) is 0 Å². The molecule has 0 aliphatic rings. The molecule has 0 saturated heterocycles. The standard InChI is InChI=1S/C6H5F3N2O3/c7-6(8,9)2-10-5-11-3(1-14-5)4(12)13/h1H,2H2,(H,10,11)(H,12,13). The first-order valence-corrected chi connectivity index (χ1v) is 3.38. The molecule has 0 amide bonds. The number of anilines is 1. The molecule has 5 nitrogen and oxygen atoms in total. The Labute approximate surface area is 75.5 Å². The maximum absolute atomic E-state index is 11.7. The molecule has 0 aliphatic carbocycles. The molecule has 0 radical (unpaired) electrons. The summed E-state index contributed by atoms with van der Waals surface area (Å²) in [5, 5.41) is 10.1. The van der Waals surface area contributed by atoms with Gasteiger partial charge in [-0.1, -0.05) is 0 Å². The van der Waals surface area contributed by atoms with Crippen LogP contribution in [-0.4, -0.2) is 28.8 Å². The summed E-state index contributed by atoms with van der Waals surface area (Å²) in [5.41, 5.74) is -0.449. The molecule has 2 N–H and O–H groups in total. The molecule has 14 heavy (non-hydrogen) atoms. The molecular formula is C6H5F3N2O3. The van der Waals surface area contributed by atoms with Crippen molar-refractivity contribution >= 4 is 12.0 Å². The zero-order valence-corrected chi connectivity index (χ0v) is 6.63.